The summed E-state index contributed by atoms with van der Waals surface area (Å²) < 4.78 is 32.8. The van der Waals surface area contributed by atoms with Gasteiger partial charge in [-0.2, -0.15) is 0 Å². The molecular formula is C3H5BF3KO3. The maximum atomic E-state index is 11.1. The third kappa shape index (κ3) is 18.2. The second-order valence-electron chi connectivity index (χ2n) is 1.62. The number of rotatable bonds is 0. The fraction of sp³-hybridized carbons (Fsp3) is 0.333. The third-order valence-electron chi connectivity index (χ3n) is 0.484. The first kappa shape index (κ1) is 14.6. The predicted molar refractivity (Wildman–Crippen MR) is 33.4 cm³/mol. The molecule has 0 saturated carbocycles. The summed E-state index contributed by atoms with van der Waals surface area (Å²) in [7, 11) is -2.17. The van der Waals surface area contributed by atoms with E-state index in [1.54, 1.807) is 0 Å². The molecule has 3 nitrogen and oxygen atoms in total. The molecule has 0 unspecified atom stereocenters. The van der Waals surface area contributed by atoms with E-state index in [0.29, 0.717) is 0 Å². The van der Waals surface area contributed by atoms with Crippen LogP contribution in [-0.4, -0.2) is 77.5 Å². The molecule has 0 atom stereocenters. The van der Waals surface area contributed by atoms with Gasteiger partial charge in [-0.05, 0) is 0 Å². The van der Waals surface area contributed by atoms with Gasteiger partial charge in [-0.3, -0.25) is 0 Å². The molecule has 0 saturated heterocycles. The van der Waals surface area contributed by atoms with Gasteiger partial charge in [0, 0.05) is 0 Å². The van der Waals surface area contributed by atoms with Crippen molar-refractivity contribution in [3.05, 3.63) is 6.25 Å². The molecule has 3 N–H and O–H groups in total. The van der Waals surface area contributed by atoms with Crippen LogP contribution < -0.4 is 0 Å². The Labute approximate surface area is 95.7 Å². The van der Waals surface area contributed by atoms with Crippen molar-refractivity contribution in [2.24, 2.45) is 0 Å². The first-order valence-electron chi connectivity index (χ1n) is 2.45. The number of halogens is 3. The SMILES string of the molecule is C=[C]([K])C(F)(F)F.OB(O)O. The maximum Gasteiger partial charge on any atom is 0.631 e. The van der Waals surface area contributed by atoms with Crippen LogP contribution in [-0.2, 0) is 0 Å². The number of allylic oxidation sites excluding steroid dienone is 1. The summed E-state index contributed by atoms with van der Waals surface area (Å²) in [6.45, 7) is 2.78. The van der Waals surface area contributed by atoms with Crippen LogP contribution in [0.15, 0.2) is 6.25 Å². The minimum atomic E-state index is -4.11. The zero-order valence-electron chi connectivity index (χ0n) is 5.76. The van der Waals surface area contributed by atoms with E-state index in [0.717, 1.165) is 0 Å². The standard InChI is InChI=1S/C3H2F3.BH3O3.K/c1-2-3(4,5)6;2-1(3)4;/h1H2;2-4H;. The molecule has 11 heavy (non-hydrogen) atoms. The molecule has 0 rings (SSSR count). The predicted octanol–water partition coefficient (Wildman–Crippen LogP) is -0.821. The Morgan fingerprint density at radius 3 is 1.36 bits per heavy atom. The second kappa shape index (κ2) is 6.61. The minimum absolute atomic E-state index is 0.314. The molecule has 0 radical (unpaired) electrons. The van der Waals surface area contributed by atoms with Gasteiger partial charge >= 0.3 is 81.9 Å². The van der Waals surface area contributed by atoms with Gasteiger partial charge in [0.05, 0.1) is 0 Å². The molecule has 0 aliphatic heterocycles. The smallest absolute Gasteiger partial charge is 0.402 e. The molecule has 8 heteroatoms. The zero-order valence-corrected chi connectivity index (χ0v) is 8.88. The van der Waals surface area contributed by atoms with Crippen LogP contribution in [0.1, 0.15) is 0 Å². The van der Waals surface area contributed by atoms with E-state index in [1.165, 1.54) is 0 Å². The van der Waals surface area contributed by atoms with E-state index in [9.17, 15) is 13.2 Å². The van der Waals surface area contributed by atoms with Crippen molar-refractivity contribution < 1.29 is 28.2 Å². The van der Waals surface area contributed by atoms with Crippen molar-refractivity contribution in [2.75, 3.05) is 0 Å². The van der Waals surface area contributed by atoms with Crippen molar-refractivity contribution in [2.45, 2.75) is 6.18 Å². The van der Waals surface area contributed by atoms with Crippen LogP contribution in [0, 0.1) is 0 Å². The van der Waals surface area contributed by atoms with Crippen LogP contribution in [0.2, 0.25) is 0 Å². The van der Waals surface area contributed by atoms with E-state index in [2.05, 4.69) is 6.58 Å². The fourth-order valence-electron chi connectivity index (χ4n) is 0. The zero-order chi connectivity index (χ0) is 9.65. The molecular weight excluding hydrogens is 191 g/mol. The molecule has 60 valence electrons. The summed E-state index contributed by atoms with van der Waals surface area (Å²) in [5, 5.41) is 21.5. The summed E-state index contributed by atoms with van der Waals surface area (Å²) in [5.41, 5.74) is 0. The van der Waals surface area contributed by atoms with Crippen LogP contribution in [0.25, 0.3) is 0 Å². The van der Waals surface area contributed by atoms with Crippen LogP contribution in [0.5, 0.6) is 0 Å². The van der Waals surface area contributed by atoms with Crippen molar-refractivity contribution in [3.63, 3.8) is 0 Å². The van der Waals surface area contributed by atoms with Crippen molar-refractivity contribution >= 4 is 56.3 Å². The Morgan fingerprint density at radius 1 is 1.27 bits per heavy atom. The first-order valence-corrected chi connectivity index (χ1v) is 4.01. The summed E-state index contributed by atoms with van der Waals surface area (Å²) >= 11 is -0.314. The molecule has 0 bridgehead atoms. The van der Waals surface area contributed by atoms with Gasteiger partial charge in [0.2, 0.25) is 0 Å². The van der Waals surface area contributed by atoms with Gasteiger partial charge in [0.25, 0.3) is 0 Å². The van der Waals surface area contributed by atoms with Crippen LogP contribution in [0.3, 0.4) is 0 Å². The van der Waals surface area contributed by atoms with Crippen molar-refractivity contribution in [1.29, 1.82) is 0 Å². The molecule has 0 spiro atoms. The Bertz CT molecular complexity index is 123. The number of hydrogen-bond acceptors (Lipinski definition) is 3. The van der Waals surface area contributed by atoms with Crippen LogP contribution >= 0.6 is 0 Å². The van der Waals surface area contributed by atoms with Gasteiger partial charge in [-0.1, -0.05) is 0 Å². The molecule has 0 amide bonds. The topological polar surface area (TPSA) is 60.7 Å². The summed E-state index contributed by atoms with van der Waals surface area (Å²) in [6.07, 6.45) is -4.11. The average Bonchev–Trinajstić information content (AvgIpc) is 1.59. The van der Waals surface area contributed by atoms with Gasteiger partial charge in [-0.25, -0.2) is 0 Å². The van der Waals surface area contributed by atoms with E-state index >= 15 is 0 Å². The summed E-state index contributed by atoms with van der Waals surface area (Å²) in [5.74, 6) is 0. The Hall–Kier alpha value is 1.11. The molecule has 0 aromatic rings. The largest absolute Gasteiger partial charge is 0.631 e. The summed E-state index contributed by atoms with van der Waals surface area (Å²) in [6, 6.07) is 0. The van der Waals surface area contributed by atoms with E-state index < -0.39 is 13.2 Å². The van der Waals surface area contributed by atoms with Gasteiger partial charge in [0.1, 0.15) is 0 Å². The normalized spacial score (nSPS) is 9.82. The van der Waals surface area contributed by atoms with Gasteiger partial charge < -0.3 is 15.1 Å². The van der Waals surface area contributed by atoms with E-state index in [-0.39, 0.29) is 49.0 Å². The van der Waals surface area contributed by atoms with Gasteiger partial charge in [0.15, 0.2) is 0 Å². The molecule has 0 fully saturated rings. The van der Waals surface area contributed by atoms with Crippen LogP contribution in [0.4, 0.5) is 13.2 Å². The Morgan fingerprint density at radius 2 is 1.36 bits per heavy atom. The maximum absolute atomic E-state index is 11.1. The molecule has 0 aromatic heterocycles. The Kier molecular flexibility index (Phi) is 8.79. The van der Waals surface area contributed by atoms with Crippen molar-refractivity contribution in [3.8, 4) is 0 Å². The average molecular weight is 196 g/mol. The van der Waals surface area contributed by atoms with Crippen molar-refractivity contribution in [1.82, 2.24) is 0 Å². The molecule has 0 heterocycles. The molecule has 0 aliphatic rings. The quantitative estimate of drug-likeness (QED) is 0.443. The third-order valence-corrected chi connectivity index (χ3v) is 1.37. The molecule has 0 aromatic carbocycles. The Balaban J connectivity index is 0. The van der Waals surface area contributed by atoms with Gasteiger partial charge in [-0.15, -0.1) is 0 Å². The number of alkyl halides is 3. The fourth-order valence-corrected chi connectivity index (χ4v) is 0. The minimum Gasteiger partial charge on any atom is -0.402 e. The monoisotopic (exact) mass is 196 g/mol. The van der Waals surface area contributed by atoms with E-state index in [4.69, 9.17) is 15.1 Å². The molecule has 0 aliphatic carbocycles. The first-order chi connectivity index (χ1) is 4.68. The second-order valence-corrected chi connectivity index (χ2v) is 3.51. The summed E-state index contributed by atoms with van der Waals surface area (Å²) in [4.78, 5) is 0. The number of hydrogen-bond donors (Lipinski definition) is 3. The van der Waals surface area contributed by atoms with E-state index in [1.807, 2.05) is 0 Å².